The van der Waals surface area contributed by atoms with Crippen LogP contribution in [0.3, 0.4) is 0 Å². The minimum absolute atomic E-state index is 0.00741. The van der Waals surface area contributed by atoms with E-state index in [9.17, 15) is 9.59 Å². The quantitative estimate of drug-likeness (QED) is 0.743. The molecule has 2 amide bonds. The molecule has 0 aliphatic carbocycles. The van der Waals surface area contributed by atoms with Gasteiger partial charge in [-0.25, -0.2) is 0 Å². The lowest BCUT2D eigenvalue weighted by Crippen LogP contribution is -2.56. The molecular formula is C12H23N3O2. The molecule has 0 bridgehead atoms. The zero-order valence-corrected chi connectivity index (χ0v) is 11.0. The first-order valence-electron chi connectivity index (χ1n) is 6.22. The SMILES string of the molecule is CCC(C)(N)C(=O)N1CCC(NC(C)=O)CC1. The van der Waals surface area contributed by atoms with E-state index in [1.54, 1.807) is 6.92 Å². The van der Waals surface area contributed by atoms with E-state index in [0.717, 1.165) is 12.8 Å². The van der Waals surface area contributed by atoms with Gasteiger partial charge in [0, 0.05) is 26.1 Å². The van der Waals surface area contributed by atoms with Gasteiger partial charge >= 0.3 is 0 Å². The van der Waals surface area contributed by atoms with E-state index in [4.69, 9.17) is 5.73 Å². The highest BCUT2D eigenvalue weighted by atomic mass is 16.2. The summed E-state index contributed by atoms with van der Waals surface area (Å²) in [6.45, 7) is 6.57. The van der Waals surface area contributed by atoms with Crippen molar-refractivity contribution < 1.29 is 9.59 Å². The van der Waals surface area contributed by atoms with Crippen LogP contribution >= 0.6 is 0 Å². The van der Waals surface area contributed by atoms with Crippen molar-refractivity contribution in [3.05, 3.63) is 0 Å². The van der Waals surface area contributed by atoms with Crippen LogP contribution in [-0.4, -0.2) is 41.4 Å². The molecule has 1 aliphatic heterocycles. The van der Waals surface area contributed by atoms with Crippen molar-refractivity contribution in [2.45, 2.75) is 51.6 Å². The van der Waals surface area contributed by atoms with Crippen molar-refractivity contribution in [3.8, 4) is 0 Å². The van der Waals surface area contributed by atoms with Crippen LogP contribution < -0.4 is 11.1 Å². The number of nitrogens with one attached hydrogen (secondary N) is 1. The Morgan fingerprint density at radius 1 is 1.41 bits per heavy atom. The number of likely N-dealkylation sites (tertiary alicyclic amines) is 1. The van der Waals surface area contributed by atoms with Gasteiger partial charge in [0.05, 0.1) is 5.54 Å². The molecule has 98 valence electrons. The maximum absolute atomic E-state index is 12.1. The third-order valence-corrected chi connectivity index (χ3v) is 3.41. The first kappa shape index (κ1) is 14.0. The van der Waals surface area contributed by atoms with Crippen LogP contribution in [0.1, 0.15) is 40.0 Å². The number of nitrogens with two attached hydrogens (primary N) is 1. The number of carbonyl (C=O) groups excluding carboxylic acids is 2. The first-order chi connectivity index (χ1) is 7.86. The number of rotatable bonds is 3. The van der Waals surface area contributed by atoms with Crippen molar-refractivity contribution in [1.29, 1.82) is 0 Å². The van der Waals surface area contributed by atoms with Crippen LogP contribution in [0.5, 0.6) is 0 Å². The third-order valence-electron chi connectivity index (χ3n) is 3.41. The van der Waals surface area contributed by atoms with Gasteiger partial charge in [0.1, 0.15) is 0 Å². The van der Waals surface area contributed by atoms with Crippen molar-refractivity contribution in [2.24, 2.45) is 5.73 Å². The predicted octanol–water partition coefficient (Wildman–Crippen LogP) is 0.241. The summed E-state index contributed by atoms with van der Waals surface area (Å²) in [7, 11) is 0. The lowest BCUT2D eigenvalue weighted by Gasteiger charge is -2.36. The van der Waals surface area contributed by atoms with Gasteiger partial charge in [-0.15, -0.1) is 0 Å². The molecule has 5 nitrogen and oxygen atoms in total. The number of hydrogen-bond donors (Lipinski definition) is 2. The van der Waals surface area contributed by atoms with E-state index in [0.29, 0.717) is 19.5 Å². The molecule has 1 heterocycles. The normalized spacial score (nSPS) is 20.8. The van der Waals surface area contributed by atoms with E-state index >= 15 is 0 Å². The van der Waals surface area contributed by atoms with E-state index in [1.165, 1.54) is 6.92 Å². The van der Waals surface area contributed by atoms with Crippen LogP contribution in [0.4, 0.5) is 0 Å². The maximum atomic E-state index is 12.1. The van der Waals surface area contributed by atoms with Crippen LogP contribution in [0.25, 0.3) is 0 Å². The van der Waals surface area contributed by atoms with E-state index in [-0.39, 0.29) is 17.9 Å². The van der Waals surface area contributed by atoms with Gasteiger partial charge in [-0.2, -0.15) is 0 Å². The molecule has 5 heteroatoms. The molecule has 0 radical (unpaired) electrons. The average molecular weight is 241 g/mol. The van der Waals surface area contributed by atoms with E-state index in [2.05, 4.69) is 5.32 Å². The molecule has 0 aromatic carbocycles. The molecule has 0 aromatic rings. The van der Waals surface area contributed by atoms with E-state index < -0.39 is 5.54 Å². The second-order valence-corrected chi connectivity index (χ2v) is 5.04. The number of carbonyl (C=O) groups is 2. The monoisotopic (exact) mass is 241 g/mol. The lowest BCUT2D eigenvalue weighted by molar-refractivity contribution is -0.137. The molecule has 1 fully saturated rings. The summed E-state index contributed by atoms with van der Waals surface area (Å²) in [6.07, 6.45) is 2.26. The van der Waals surface area contributed by atoms with Crippen molar-refractivity contribution in [2.75, 3.05) is 13.1 Å². The summed E-state index contributed by atoms with van der Waals surface area (Å²) >= 11 is 0. The molecule has 0 spiro atoms. The number of piperidine rings is 1. The summed E-state index contributed by atoms with van der Waals surface area (Å²) in [5.74, 6) is 0.00766. The van der Waals surface area contributed by atoms with Gasteiger partial charge in [0.25, 0.3) is 0 Å². The largest absolute Gasteiger partial charge is 0.353 e. The topological polar surface area (TPSA) is 75.4 Å². The molecular weight excluding hydrogens is 218 g/mol. The Morgan fingerprint density at radius 3 is 2.35 bits per heavy atom. The summed E-state index contributed by atoms with van der Waals surface area (Å²) in [4.78, 5) is 24.8. The third kappa shape index (κ3) is 3.70. The van der Waals surface area contributed by atoms with Gasteiger partial charge < -0.3 is 16.0 Å². The smallest absolute Gasteiger partial charge is 0.242 e. The highest BCUT2D eigenvalue weighted by Gasteiger charge is 2.33. The second kappa shape index (κ2) is 5.49. The highest BCUT2D eigenvalue weighted by Crippen LogP contribution is 2.16. The van der Waals surface area contributed by atoms with Crippen molar-refractivity contribution in [1.82, 2.24) is 10.2 Å². The van der Waals surface area contributed by atoms with Gasteiger partial charge in [-0.1, -0.05) is 6.92 Å². The molecule has 0 aromatic heterocycles. The summed E-state index contributed by atoms with van der Waals surface area (Å²) < 4.78 is 0. The Morgan fingerprint density at radius 2 is 1.94 bits per heavy atom. The standard InChI is InChI=1S/C12H23N3O2/c1-4-12(3,13)11(17)15-7-5-10(6-8-15)14-9(2)16/h10H,4-8,13H2,1-3H3,(H,14,16). The minimum Gasteiger partial charge on any atom is -0.353 e. The molecule has 1 rings (SSSR count). The van der Waals surface area contributed by atoms with Crippen LogP contribution in [0.2, 0.25) is 0 Å². The average Bonchev–Trinajstić information content (AvgIpc) is 2.28. The Kier molecular flexibility index (Phi) is 4.51. The Labute approximate surface area is 103 Å². The van der Waals surface area contributed by atoms with Gasteiger partial charge in [0.15, 0.2) is 0 Å². The highest BCUT2D eigenvalue weighted by molar-refractivity contribution is 5.85. The fourth-order valence-corrected chi connectivity index (χ4v) is 2.03. The number of hydrogen-bond acceptors (Lipinski definition) is 3. The molecule has 1 unspecified atom stereocenters. The maximum Gasteiger partial charge on any atom is 0.242 e. The lowest BCUT2D eigenvalue weighted by atomic mass is 9.96. The molecule has 1 atom stereocenters. The zero-order chi connectivity index (χ0) is 13.1. The Balaban J connectivity index is 2.47. The predicted molar refractivity (Wildman–Crippen MR) is 66.3 cm³/mol. The zero-order valence-electron chi connectivity index (χ0n) is 11.0. The molecule has 0 saturated carbocycles. The fourth-order valence-electron chi connectivity index (χ4n) is 2.03. The van der Waals surface area contributed by atoms with Crippen molar-refractivity contribution in [3.63, 3.8) is 0 Å². The second-order valence-electron chi connectivity index (χ2n) is 5.04. The van der Waals surface area contributed by atoms with Gasteiger partial charge in [-0.3, -0.25) is 9.59 Å². The van der Waals surface area contributed by atoms with Crippen LogP contribution in [-0.2, 0) is 9.59 Å². The number of nitrogens with zero attached hydrogens (tertiary/aromatic N) is 1. The van der Waals surface area contributed by atoms with E-state index in [1.807, 2.05) is 11.8 Å². The van der Waals surface area contributed by atoms with Gasteiger partial charge in [-0.05, 0) is 26.2 Å². The summed E-state index contributed by atoms with van der Waals surface area (Å²) in [5.41, 5.74) is 5.18. The Hall–Kier alpha value is -1.10. The van der Waals surface area contributed by atoms with Gasteiger partial charge in [0.2, 0.25) is 11.8 Å². The number of amides is 2. The minimum atomic E-state index is -0.763. The first-order valence-corrected chi connectivity index (χ1v) is 6.22. The summed E-state index contributed by atoms with van der Waals surface area (Å²) in [5, 5.41) is 2.89. The van der Waals surface area contributed by atoms with Crippen LogP contribution in [0, 0.1) is 0 Å². The molecule has 1 aliphatic rings. The summed E-state index contributed by atoms with van der Waals surface area (Å²) in [6, 6.07) is 0.196. The molecule has 3 N–H and O–H groups in total. The molecule has 17 heavy (non-hydrogen) atoms. The molecule has 1 saturated heterocycles. The van der Waals surface area contributed by atoms with Crippen LogP contribution in [0.15, 0.2) is 0 Å². The van der Waals surface area contributed by atoms with Crippen molar-refractivity contribution >= 4 is 11.8 Å². The Bertz CT molecular complexity index is 294. The fraction of sp³-hybridized carbons (Fsp3) is 0.833.